The van der Waals surface area contributed by atoms with Crippen molar-refractivity contribution in [3.8, 4) is 0 Å². The van der Waals surface area contributed by atoms with Crippen molar-refractivity contribution >= 4 is 40.1 Å². The third-order valence-corrected chi connectivity index (χ3v) is 3.59. The van der Waals surface area contributed by atoms with E-state index < -0.39 is 5.54 Å². The summed E-state index contributed by atoms with van der Waals surface area (Å²) >= 11 is 2.21. The van der Waals surface area contributed by atoms with Crippen LogP contribution in [-0.2, 0) is 9.59 Å². The van der Waals surface area contributed by atoms with E-state index in [2.05, 4.69) is 27.9 Å². The van der Waals surface area contributed by atoms with E-state index in [9.17, 15) is 9.59 Å². The van der Waals surface area contributed by atoms with Gasteiger partial charge < -0.3 is 10.2 Å². The maximum absolute atomic E-state index is 12.4. The van der Waals surface area contributed by atoms with Crippen LogP contribution in [0.3, 0.4) is 0 Å². The Morgan fingerprint density at radius 2 is 2.06 bits per heavy atom. The largest absolute Gasteiger partial charge is 0.342 e. The van der Waals surface area contributed by atoms with Gasteiger partial charge in [-0.2, -0.15) is 0 Å². The number of carbonyl (C=O) groups is 2. The van der Waals surface area contributed by atoms with Crippen molar-refractivity contribution in [1.29, 1.82) is 0 Å². The molecule has 2 rings (SSSR count). The fraction of sp³-hybridized carbons (Fsp3) is 0.385. The molecule has 1 aromatic carbocycles. The van der Waals surface area contributed by atoms with Crippen molar-refractivity contribution in [2.75, 3.05) is 11.4 Å². The van der Waals surface area contributed by atoms with Gasteiger partial charge in [-0.15, -0.1) is 0 Å². The third kappa shape index (κ3) is 2.66. The molecule has 0 atom stereocenters. The molecule has 0 saturated carbocycles. The maximum Gasteiger partial charge on any atom is 0.252 e. The lowest BCUT2D eigenvalue weighted by molar-refractivity contribution is -0.128. The Bertz CT molecular complexity index is 500. The molecule has 1 N–H and O–H groups in total. The standard InChI is InChI=1S/C13H15IN2O2/c1-13(2)12(18)16(7-6-11(17)15-13)10-5-3-4-9(14)8-10/h3-5,8H,6-7H2,1-2H3,(H,15,17). The summed E-state index contributed by atoms with van der Waals surface area (Å²) in [6, 6.07) is 7.73. The van der Waals surface area contributed by atoms with Gasteiger partial charge in [-0.05, 0) is 54.6 Å². The lowest BCUT2D eigenvalue weighted by Crippen LogP contribution is -2.53. The van der Waals surface area contributed by atoms with Gasteiger partial charge in [-0.1, -0.05) is 6.07 Å². The number of benzene rings is 1. The summed E-state index contributed by atoms with van der Waals surface area (Å²) in [7, 11) is 0. The number of carbonyl (C=O) groups excluding carboxylic acids is 2. The van der Waals surface area contributed by atoms with E-state index in [0.29, 0.717) is 13.0 Å². The van der Waals surface area contributed by atoms with Crippen molar-refractivity contribution in [3.05, 3.63) is 27.8 Å². The number of amides is 2. The molecular formula is C13H15IN2O2. The first-order valence-corrected chi connectivity index (χ1v) is 6.86. The summed E-state index contributed by atoms with van der Waals surface area (Å²) in [6.45, 7) is 3.90. The van der Waals surface area contributed by atoms with Gasteiger partial charge >= 0.3 is 0 Å². The van der Waals surface area contributed by atoms with Crippen molar-refractivity contribution in [2.45, 2.75) is 25.8 Å². The van der Waals surface area contributed by atoms with Crippen LogP contribution in [0.15, 0.2) is 24.3 Å². The first-order chi connectivity index (χ1) is 8.40. The summed E-state index contributed by atoms with van der Waals surface area (Å²) in [6.07, 6.45) is 0.334. The van der Waals surface area contributed by atoms with Crippen LogP contribution in [0.1, 0.15) is 20.3 Å². The fourth-order valence-corrected chi connectivity index (χ4v) is 2.53. The first kappa shape index (κ1) is 13.3. The molecular weight excluding hydrogens is 343 g/mol. The highest BCUT2D eigenvalue weighted by Crippen LogP contribution is 2.23. The van der Waals surface area contributed by atoms with E-state index in [1.165, 1.54) is 0 Å². The maximum atomic E-state index is 12.4. The molecule has 5 heteroatoms. The predicted molar refractivity (Wildman–Crippen MR) is 78.4 cm³/mol. The number of rotatable bonds is 1. The first-order valence-electron chi connectivity index (χ1n) is 5.79. The number of nitrogens with zero attached hydrogens (tertiary/aromatic N) is 1. The molecule has 1 saturated heterocycles. The zero-order chi connectivity index (χ0) is 13.3. The predicted octanol–water partition coefficient (Wildman–Crippen LogP) is 1.92. The Morgan fingerprint density at radius 1 is 1.33 bits per heavy atom. The van der Waals surface area contributed by atoms with E-state index in [-0.39, 0.29) is 11.8 Å². The van der Waals surface area contributed by atoms with Gasteiger partial charge in [0.15, 0.2) is 0 Å². The number of anilines is 1. The van der Waals surface area contributed by atoms with Crippen LogP contribution in [-0.4, -0.2) is 23.9 Å². The molecule has 0 unspecified atom stereocenters. The Morgan fingerprint density at radius 3 is 2.72 bits per heavy atom. The van der Waals surface area contributed by atoms with E-state index in [4.69, 9.17) is 0 Å². The Labute approximate surface area is 120 Å². The molecule has 2 amide bonds. The summed E-state index contributed by atoms with van der Waals surface area (Å²) in [4.78, 5) is 25.7. The van der Waals surface area contributed by atoms with Gasteiger partial charge in [0.25, 0.3) is 5.91 Å². The SMILES string of the molecule is CC1(C)NC(=O)CCN(c2cccc(I)c2)C1=O. The highest BCUT2D eigenvalue weighted by atomic mass is 127. The van der Waals surface area contributed by atoms with Crippen LogP contribution >= 0.6 is 22.6 Å². The summed E-state index contributed by atoms with van der Waals surface area (Å²) in [5.41, 5.74) is -0.00836. The van der Waals surface area contributed by atoms with Crippen molar-refractivity contribution < 1.29 is 9.59 Å². The highest BCUT2D eigenvalue weighted by molar-refractivity contribution is 14.1. The monoisotopic (exact) mass is 358 g/mol. The number of nitrogens with one attached hydrogen (secondary N) is 1. The van der Waals surface area contributed by atoms with Gasteiger partial charge in [0.05, 0.1) is 0 Å². The van der Waals surface area contributed by atoms with E-state index in [0.717, 1.165) is 9.26 Å². The lowest BCUT2D eigenvalue weighted by atomic mass is 10.0. The zero-order valence-corrected chi connectivity index (χ0v) is 12.5. The van der Waals surface area contributed by atoms with Crippen LogP contribution in [0.5, 0.6) is 0 Å². The topological polar surface area (TPSA) is 49.4 Å². The lowest BCUT2D eigenvalue weighted by Gasteiger charge is -2.28. The molecule has 0 aliphatic carbocycles. The van der Waals surface area contributed by atoms with E-state index in [1.54, 1.807) is 18.7 Å². The molecule has 1 aliphatic rings. The molecule has 0 aromatic heterocycles. The Hall–Kier alpha value is -1.11. The quantitative estimate of drug-likeness (QED) is 0.780. The minimum atomic E-state index is -0.852. The van der Waals surface area contributed by atoms with Crippen LogP contribution in [0.2, 0.25) is 0 Å². The van der Waals surface area contributed by atoms with Crippen LogP contribution in [0.4, 0.5) is 5.69 Å². The van der Waals surface area contributed by atoms with Crippen molar-refractivity contribution in [3.63, 3.8) is 0 Å². The average molecular weight is 358 g/mol. The van der Waals surface area contributed by atoms with E-state index in [1.807, 2.05) is 24.3 Å². The molecule has 0 bridgehead atoms. The van der Waals surface area contributed by atoms with Crippen LogP contribution in [0.25, 0.3) is 0 Å². The second kappa shape index (κ2) is 4.87. The highest BCUT2D eigenvalue weighted by Gasteiger charge is 2.37. The number of hydrogen-bond donors (Lipinski definition) is 1. The van der Waals surface area contributed by atoms with Gasteiger partial charge in [0.1, 0.15) is 5.54 Å². The molecule has 1 aromatic rings. The second-order valence-electron chi connectivity index (χ2n) is 4.86. The Kier molecular flexibility index (Phi) is 3.61. The molecule has 1 aliphatic heterocycles. The molecule has 0 spiro atoms. The summed E-state index contributed by atoms with van der Waals surface area (Å²) < 4.78 is 1.07. The minimum absolute atomic E-state index is 0.0737. The van der Waals surface area contributed by atoms with Crippen LogP contribution in [0, 0.1) is 3.57 Å². The van der Waals surface area contributed by atoms with Gasteiger partial charge in [-0.3, -0.25) is 9.59 Å². The van der Waals surface area contributed by atoms with Gasteiger partial charge in [-0.25, -0.2) is 0 Å². The Balaban J connectivity index is 2.37. The van der Waals surface area contributed by atoms with Gasteiger partial charge in [0.2, 0.25) is 5.91 Å². The summed E-state index contributed by atoms with van der Waals surface area (Å²) in [5, 5.41) is 2.75. The van der Waals surface area contributed by atoms with Gasteiger partial charge in [0, 0.05) is 22.2 Å². The van der Waals surface area contributed by atoms with Crippen LogP contribution < -0.4 is 10.2 Å². The smallest absolute Gasteiger partial charge is 0.252 e. The van der Waals surface area contributed by atoms with E-state index >= 15 is 0 Å². The van der Waals surface area contributed by atoms with Crippen molar-refractivity contribution in [1.82, 2.24) is 5.32 Å². The number of hydrogen-bond acceptors (Lipinski definition) is 2. The van der Waals surface area contributed by atoms with Crippen molar-refractivity contribution in [2.24, 2.45) is 0 Å². The zero-order valence-electron chi connectivity index (χ0n) is 10.4. The fourth-order valence-electron chi connectivity index (χ4n) is 2.01. The molecule has 18 heavy (non-hydrogen) atoms. The molecule has 1 fully saturated rings. The minimum Gasteiger partial charge on any atom is -0.342 e. The third-order valence-electron chi connectivity index (χ3n) is 2.91. The second-order valence-corrected chi connectivity index (χ2v) is 6.11. The molecule has 4 nitrogen and oxygen atoms in total. The molecule has 0 radical (unpaired) electrons. The average Bonchev–Trinajstić information content (AvgIpc) is 2.37. The normalized spacial score (nSPS) is 19.4. The number of halogens is 1. The molecule has 1 heterocycles. The summed E-state index contributed by atoms with van der Waals surface area (Å²) in [5.74, 6) is -0.156. The molecule has 96 valence electrons.